The molecule has 1 atom stereocenters. The van der Waals surface area contributed by atoms with Crippen molar-refractivity contribution in [2.75, 3.05) is 44.7 Å². The Kier molecular flexibility index (Phi) is 3.28. The standard InChI is InChI=1S/C13H19N7S/c1-18-4-6-19(7-5-18)13-15-10(9-21-13)12-17-16-11-8-14-2-3-20(11)12/h2,8-9,12,16-17H,3-7H2,1H3. The predicted octanol–water partition coefficient (Wildman–Crippen LogP) is 0.187. The molecule has 2 N–H and O–H groups in total. The summed E-state index contributed by atoms with van der Waals surface area (Å²) in [5, 5.41) is 3.28. The first-order chi connectivity index (χ1) is 10.3. The molecule has 0 aromatic carbocycles. The number of hydrazine groups is 1. The van der Waals surface area contributed by atoms with Crippen molar-refractivity contribution >= 4 is 22.7 Å². The van der Waals surface area contributed by atoms with Crippen LogP contribution in [0.3, 0.4) is 0 Å². The van der Waals surface area contributed by atoms with Gasteiger partial charge in [0.05, 0.1) is 18.4 Å². The van der Waals surface area contributed by atoms with Gasteiger partial charge in [-0.25, -0.2) is 10.4 Å². The highest BCUT2D eigenvalue weighted by Crippen LogP contribution is 2.30. The monoisotopic (exact) mass is 305 g/mol. The van der Waals surface area contributed by atoms with Gasteiger partial charge in [-0.1, -0.05) is 0 Å². The third-order valence-corrected chi connectivity index (χ3v) is 5.02. The van der Waals surface area contributed by atoms with Crippen molar-refractivity contribution in [1.29, 1.82) is 0 Å². The summed E-state index contributed by atoms with van der Waals surface area (Å²) in [7, 11) is 2.17. The molecule has 1 aromatic rings. The van der Waals surface area contributed by atoms with Crippen molar-refractivity contribution in [2.45, 2.75) is 6.17 Å². The largest absolute Gasteiger partial charge is 0.346 e. The van der Waals surface area contributed by atoms with Crippen LogP contribution in [0.2, 0.25) is 0 Å². The second kappa shape index (κ2) is 5.28. The van der Waals surface area contributed by atoms with Crippen LogP contribution in [0.25, 0.3) is 0 Å². The minimum atomic E-state index is 0.0838. The molecule has 3 aliphatic rings. The van der Waals surface area contributed by atoms with E-state index in [1.165, 1.54) is 0 Å². The lowest BCUT2D eigenvalue weighted by atomic mass is 10.3. The minimum absolute atomic E-state index is 0.0838. The van der Waals surface area contributed by atoms with Gasteiger partial charge in [-0.05, 0) is 7.05 Å². The van der Waals surface area contributed by atoms with Gasteiger partial charge in [-0.3, -0.25) is 4.99 Å². The third-order valence-electron chi connectivity index (χ3n) is 4.10. The molecule has 4 heterocycles. The third kappa shape index (κ3) is 2.39. The van der Waals surface area contributed by atoms with Crippen molar-refractivity contribution in [3.05, 3.63) is 23.1 Å². The molecule has 0 amide bonds. The molecule has 1 aromatic heterocycles. The van der Waals surface area contributed by atoms with E-state index in [1.807, 2.05) is 12.4 Å². The van der Waals surface area contributed by atoms with Crippen molar-refractivity contribution in [1.82, 2.24) is 25.6 Å². The SMILES string of the molecule is CN1CCN(c2nc(C3NNC4=CN=CCN43)cs2)CC1. The Morgan fingerprint density at radius 1 is 1.29 bits per heavy atom. The number of thiazole rings is 1. The molecule has 2 saturated heterocycles. The smallest absolute Gasteiger partial charge is 0.185 e. The first-order valence-corrected chi connectivity index (χ1v) is 8.08. The van der Waals surface area contributed by atoms with Gasteiger partial charge >= 0.3 is 0 Å². The van der Waals surface area contributed by atoms with Gasteiger partial charge in [0.15, 0.2) is 5.13 Å². The molecule has 7 nitrogen and oxygen atoms in total. The second-order valence-corrected chi connectivity index (χ2v) is 6.35. The molecule has 21 heavy (non-hydrogen) atoms. The number of rotatable bonds is 2. The van der Waals surface area contributed by atoms with Crippen molar-refractivity contribution < 1.29 is 0 Å². The van der Waals surface area contributed by atoms with E-state index in [9.17, 15) is 0 Å². The van der Waals surface area contributed by atoms with Gasteiger partial charge in [0.25, 0.3) is 0 Å². The van der Waals surface area contributed by atoms with Crippen molar-refractivity contribution in [2.24, 2.45) is 4.99 Å². The second-order valence-electron chi connectivity index (χ2n) is 5.52. The number of piperazine rings is 1. The van der Waals surface area contributed by atoms with Gasteiger partial charge in [0.1, 0.15) is 12.0 Å². The summed E-state index contributed by atoms with van der Waals surface area (Å²) in [6.45, 7) is 5.13. The highest BCUT2D eigenvalue weighted by Gasteiger charge is 2.31. The zero-order chi connectivity index (χ0) is 14.2. The number of hydrogen-bond donors (Lipinski definition) is 2. The average molecular weight is 305 g/mol. The highest BCUT2D eigenvalue weighted by atomic mass is 32.1. The number of anilines is 1. The number of hydrogen-bond acceptors (Lipinski definition) is 8. The van der Waals surface area contributed by atoms with Gasteiger partial charge in [-0.2, -0.15) is 0 Å². The highest BCUT2D eigenvalue weighted by molar-refractivity contribution is 7.13. The molecule has 2 fully saturated rings. The zero-order valence-corrected chi connectivity index (χ0v) is 12.8. The molecule has 0 radical (unpaired) electrons. The molecule has 0 spiro atoms. The Bertz CT molecular complexity index is 573. The summed E-state index contributed by atoms with van der Waals surface area (Å²) in [6, 6.07) is 0. The van der Waals surface area contributed by atoms with Gasteiger partial charge in [0, 0.05) is 37.8 Å². The number of nitrogens with zero attached hydrogens (tertiary/aromatic N) is 5. The minimum Gasteiger partial charge on any atom is -0.346 e. The van der Waals surface area contributed by atoms with E-state index in [0.717, 1.165) is 49.4 Å². The fourth-order valence-electron chi connectivity index (χ4n) is 2.78. The molecule has 1 unspecified atom stereocenters. The molecule has 8 heteroatoms. The topological polar surface area (TPSA) is 59.0 Å². The van der Waals surface area contributed by atoms with Crippen LogP contribution >= 0.6 is 11.3 Å². The van der Waals surface area contributed by atoms with Crippen molar-refractivity contribution in [3.63, 3.8) is 0 Å². The van der Waals surface area contributed by atoms with E-state index in [2.05, 4.69) is 43.0 Å². The Morgan fingerprint density at radius 2 is 2.14 bits per heavy atom. The fraction of sp³-hybridized carbons (Fsp3) is 0.538. The maximum atomic E-state index is 4.84. The Labute approximate surface area is 127 Å². The Morgan fingerprint density at radius 3 is 3.00 bits per heavy atom. The van der Waals surface area contributed by atoms with Crippen LogP contribution in [0.1, 0.15) is 11.9 Å². The lowest BCUT2D eigenvalue weighted by molar-refractivity contribution is 0.306. The number of fused-ring (bicyclic) bond motifs is 1. The summed E-state index contributed by atoms with van der Waals surface area (Å²) >= 11 is 1.73. The summed E-state index contributed by atoms with van der Waals surface area (Å²) in [4.78, 5) is 16.0. The molecule has 112 valence electrons. The first-order valence-electron chi connectivity index (χ1n) is 7.20. The maximum Gasteiger partial charge on any atom is 0.185 e. The normalized spacial score (nSPS) is 25.8. The first kappa shape index (κ1) is 13.1. The molecule has 3 aliphatic heterocycles. The van der Waals surface area contributed by atoms with Crippen LogP contribution in [-0.2, 0) is 0 Å². The molecule has 0 bridgehead atoms. The predicted molar refractivity (Wildman–Crippen MR) is 84.1 cm³/mol. The average Bonchev–Trinajstić information content (AvgIpc) is 3.14. The molecular formula is C13H19N7S. The van der Waals surface area contributed by atoms with Crippen LogP contribution in [0, 0.1) is 0 Å². The van der Waals surface area contributed by atoms with Crippen LogP contribution in [-0.4, -0.2) is 60.8 Å². The Balaban J connectivity index is 1.50. The number of aromatic nitrogens is 1. The maximum absolute atomic E-state index is 4.84. The lowest BCUT2D eigenvalue weighted by Crippen LogP contribution is -2.44. The van der Waals surface area contributed by atoms with E-state index in [4.69, 9.17) is 4.98 Å². The van der Waals surface area contributed by atoms with Crippen molar-refractivity contribution in [3.8, 4) is 0 Å². The van der Waals surface area contributed by atoms with Crippen LogP contribution in [0.15, 0.2) is 22.4 Å². The van der Waals surface area contributed by atoms with Gasteiger partial charge in [-0.15, -0.1) is 11.3 Å². The summed E-state index contributed by atoms with van der Waals surface area (Å²) in [5.74, 6) is 1.01. The molecule has 0 aliphatic carbocycles. The van der Waals surface area contributed by atoms with E-state index < -0.39 is 0 Å². The van der Waals surface area contributed by atoms with E-state index in [0.29, 0.717) is 0 Å². The zero-order valence-electron chi connectivity index (χ0n) is 12.0. The van der Waals surface area contributed by atoms with Gasteiger partial charge in [0.2, 0.25) is 0 Å². The summed E-state index contributed by atoms with van der Waals surface area (Å²) in [5.41, 5.74) is 7.52. The number of likely N-dealkylation sites (N-methyl/N-ethyl adjacent to an activating group) is 1. The van der Waals surface area contributed by atoms with Crippen LogP contribution in [0.5, 0.6) is 0 Å². The Hall–Kier alpha value is -1.64. The lowest BCUT2D eigenvalue weighted by Gasteiger charge is -2.32. The van der Waals surface area contributed by atoms with E-state index >= 15 is 0 Å². The quantitative estimate of drug-likeness (QED) is 0.813. The van der Waals surface area contributed by atoms with Crippen LogP contribution in [0.4, 0.5) is 5.13 Å². The summed E-state index contributed by atoms with van der Waals surface area (Å²) in [6.07, 6.45) is 3.84. The molecule has 4 rings (SSSR count). The summed E-state index contributed by atoms with van der Waals surface area (Å²) < 4.78 is 0. The number of aliphatic imine (C=N–C) groups is 1. The number of nitrogens with one attached hydrogen (secondary N) is 2. The fourth-order valence-corrected chi connectivity index (χ4v) is 3.68. The van der Waals surface area contributed by atoms with Gasteiger partial charge < -0.3 is 20.1 Å². The van der Waals surface area contributed by atoms with E-state index in [-0.39, 0.29) is 6.17 Å². The molecule has 0 saturated carbocycles. The van der Waals surface area contributed by atoms with E-state index in [1.54, 1.807) is 11.3 Å². The van der Waals surface area contributed by atoms with Crippen LogP contribution < -0.4 is 15.8 Å². The molecular weight excluding hydrogens is 286 g/mol.